The van der Waals surface area contributed by atoms with Gasteiger partial charge >= 0.3 is 5.97 Å². The van der Waals surface area contributed by atoms with Crippen molar-refractivity contribution in [3.05, 3.63) is 62.9 Å². The van der Waals surface area contributed by atoms with Gasteiger partial charge in [0.25, 0.3) is 5.91 Å². The third-order valence-electron chi connectivity index (χ3n) is 7.40. The summed E-state index contributed by atoms with van der Waals surface area (Å²) in [6.45, 7) is 2.16. The van der Waals surface area contributed by atoms with Crippen LogP contribution in [0.5, 0.6) is 0 Å². The van der Waals surface area contributed by atoms with Crippen molar-refractivity contribution in [1.29, 1.82) is 0 Å². The van der Waals surface area contributed by atoms with E-state index < -0.39 is 11.9 Å². The van der Waals surface area contributed by atoms with E-state index >= 15 is 0 Å². The lowest BCUT2D eigenvalue weighted by molar-refractivity contribution is -0.0424. The summed E-state index contributed by atoms with van der Waals surface area (Å²) in [6.07, 6.45) is 3.30. The molecular weight excluding hydrogens is 514 g/mol. The predicted octanol–water partition coefficient (Wildman–Crippen LogP) is 8.22. The Kier molecular flexibility index (Phi) is 7.27. The first-order chi connectivity index (χ1) is 17.7. The fraction of sp³-hybridized carbons (Fsp3) is 0.393. The largest absolute Gasteiger partial charge is 0.477 e. The van der Waals surface area contributed by atoms with Crippen molar-refractivity contribution in [1.82, 2.24) is 4.98 Å². The predicted molar refractivity (Wildman–Crippen MR) is 144 cm³/mol. The highest BCUT2D eigenvalue weighted by molar-refractivity contribution is 7.17. The van der Waals surface area contributed by atoms with Crippen molar-refractivity contribution in [2.45, 2.75) is 57.8 Å². The molecule has 0 aliphatic heterocycles. The number of carboxylic acid groups (broad SMARTS) is 1. The molecule has 0 saturated heterocycles. The van der Waals surface area contributed by atoms with E-state index in [2.05, 4.69) is 17.2 Å². The maximum absolute atomic E-state index is 13.8. The highest BCUT2D eigenvalue weighted by atomic mass is 32.1. The van der Waals surface area contributed by atoms with E-state index in [1.54, 1.807) is 23.0 Å². The Bertz CT molecular complexity index is 1320. The number of carboxylic acids is 1. The number of carbonyl (C=O) groups is 2. The molecule has 2 aromatic heterocycles. The average Bonchev–Trinajstić information content (AvgIpc) is 3.56. The quantitative estimate of drug-likeness (QED) is 0.329. The number of anilines is 1. The Morgan fingerprint density at radius 2 is 1.86 bits per heavy atom. The monoisotopic (exact) mass is 542 g/mol. The third kappa shape index (κ3) is 5.67. The van der Waals surface area contributed by atoms with Crippen LogP contribution in [0.25, 0.3) is 16.0 Å². The molecule has 2 aliphatic carbocycles. The summed E-state index contributed by atoms with van der Waals surface area (Å²) < 4.78 is 27.7. The van der Waals surface area contributed by atoms with Gasteiger partial charge in [-0.1, -0.05) is 24.6 Å². The smallest absolute Gasteiger partial charge is 0.346 e. The summed E-state index contributed by atoms with van der Waals surface area (Å²) in [4.78, 5) is 29.7. The number of alkyl halides is 2. The molecule has 2 N–H and O–H groups in total. The molecule has 1 saturated carbocycles. The van der Waals surface area contributed by atoms with Crippen molar-refractivity contribution < 1.29 is 23.5 Å². The molecule has 5 nitrogen and oxygen atoms in total. The Labute approximate surface area is 222 Å². The summed E-state index contributed by atoms with van der Waals surface area (Å²) in [5, 5.41) is 14.6. The van der Waals surface area contributed by atoms with Crippen LogP contribution >= 0.6 is 22.7 Å². The molecule has 3 aromatic rings. The van der Waals surface area contributed by atoms with Gasteiger partial charge in [-0.2, -0.15) is 0 Å². The Hall–Kier alpha value is -2.91. The van der Waals surface area contributed by atoms with Crippen LogP contribution in [0.4, 0.5) is 14.5 Å². The molecule has 194 valence electrons. The summed E-state index contributed by atoms with van der Waals surface area (Å²) in [7, 11) is 0. The van der Waals surface area contributed by atoms with Crippen molar-refractivity contribution in [3.63, 3.8) is 0 Å². The normalized spacial score (nSPS) is 20.1. The molecule has 1 fully saturated rings. The standard InChI is InChI=1S/C28H28F2N2O3S2/c1-16-2-7-20(17-8-10-28(29,30)11-9-17)21(12-16)22-13-24(37-25(22)27(34)35)18-3-5-19(6-4-18)32-26(33)23-14-36-15-31-23/h3-6,13-17H,2,7-12H2,1H3,(H,32,33)(H,34,35). The topological polar surface area (TPSA) is 79.3 Å². The highest BCUT2D eigenvalue weighted by Crippen LogP contribution is 2.48. The zero-order valence-electron chi connectivity index (χ0n) is 20.4. The van der Waals surface area contributed by atoms with Gasteiger partial charge < -0.3 is 10.4 Å². The van der Waals surface area contributed by atoms with E-state index in [4.69, 9.17) is 0 Å². The second-order valence-electron chi connectivity index (χ2n) is 10.0. The van der Waals surface area contributed by atoms with Gasteiger partial charge in [0.2, 0.25) is 5.92 Å². The SMILES string of the molecule is CC1CCC(C2CCC(F)(F)CC2)=C(c2cc(-c3ccc(NC(=O)c4cscn4)cc3)sc2C(=O)O)C1. The van der Waals surface area contributed by atoms with Crippen LogP contribution in [0.2, 0.25) is 0 Å². The van der Waals surface area contributed by atoms with Crippen LogP contribution in [0.1, 0.15) is 77.6 Å². The first-order valence-corrected chi connectivity index (χ1v) is 14.2. The molecule has 1 unspecified atom stereocenters. The molecule has 9 heteroatoms. The van der Waals surface area contributed by atoms with Gasteiger partial charge in [0.1, 0.15) is 10.6 Å². The number of nitrogens with zero attached hydrogens (tertiary/aromatic N) is 1. The number of hydrogen-bond donors (Lipinski definition) is 2. The number of thiophene rings is 1. The number of aromatic carboxylic acids is 1. The molecule has 2 aliphatic rings. The fourth-order valence-corrected chi connectivity index (χ4v) is 6.97. The molecule has 37 heavy (non-hydrogen) atoms. The summed E-state index contributed by atoms with van der Waals surface area (Å²) >= 11 is 2.58. The van der Waals surface area contributed by atoms with Gasteiger partial charge in [0.15, 0.2) is 0 Å². The summed E-state index contributed by atoms with van der Waals surface area (Å²) in [5.74, 6) is -3.35. The van der Waals surface area contributed by atoms with E-state index in [9.17, 15) is 23.5 Å². The Morgan fingerprint density at radius 1 is 1.14 bits per heavy atom. The molecule has 0 spiro atoms. The number of allylic oxidation sites excluding steroid dienone is 2. The third-order valence-corrected chi connectivity index (χ3v) is 9.16. The Morgan fingerprint density at radius 3 is 2.51 bits per heavy atom. The first kappa shape index (κ1) is 25.7. The number of carbonyl (C=O) groups excluding carboxylic acids is 1. The maximum Gasteiger partial charge on any atom is 0.346 e. The van der Waals surface area contributed by atoms with Gasteiger partial charge in [0, 0.05) is 34.3 Å². The number of aromatic nitrogens is 1. The minimum atomic E-state index is -2.59. The van der Waals surface area contributed by atoms with E-state index in [1.165, 1.54) is 28.2 Å². The first-order valence-electron chi connectivity index (χ1n) is 12.5. The second-order valence-corrected chi connectivity index (χ2v) is 11.8. The molecule has 1 amide bonds. The van der Waals surface area contributed by atoms with Gasteiger partial charge in [-0.05, 0) is 73.3 Å². The molecule has 0 bridgehead atoms. The number of halogens is 2. The van der Waals surface area contributed by atoms with Crippen molar-refractivity contribution >= 4 is 45.8 Å². The summed E-state index contributed by atoms with van der Waals surface area (Å²) in [5.41, 5.74) is 6.39. The fourth-order valence-electron chi connectivity index (χ4n) is 5.41. The van der Waals surface area contributed by atoms with Gasteiger partial charge in [0.05, 0.1) is 5.51 Å². The number of benzene rings is 1. The molecule has 1 atom stereocenters. The van der Waals surface area contributed by atoms with Crippen molar-refractivity contribution in [2.75, 3.05) is 5.32 Å². The maximum atomic E-state index is 13.8. The van der Waals surface area contributed by atoms with Gasteiger partial charge in [-0.3, -0.25) is 4.79 Å². The second kappa shape index (κ2) is 10.5. The molecule has 0 radical (unpaired) electrons. The zero-order valence-corrected chi connectivity index (χ0v) is 22.1. The van der Waals surface area contributed by atoms with Gasteiger partial charge in [-0.25, -0.2) is 18.6 Å². The minimum absolute atomic E-state index is 0.0905. The van der Waals surface area contributed by atoms with Crippen molar-refractivity contribution in [2.24, 2.45) is 11.8 Å². The molecule has 5 rings (SSSR count). The number of rotatable bonds is 6. The Balaban J connectivity index is 1.45. The molecular formula is C28H28F2N2O3S2. The number of hydrogen-bond acceptors (Lipinski definition) is 5. The lowest BCUT2D eigenvalue weighted by Gasteiger charge is -2.35. The zero-order chi connectivity index (χ0) is 26.2. The van der Waals surface area contributed by atoms with Crippen LogP contribution in [-0.2, 0) is 0 Å². The average molecular weight is 543 g/mol. The van der Waals surface area contributed by atoms with Crippen molar-refractivity contribution in [3.8, 4) is 10.4 Å². The van der Waals surface area contributed by atoms with Crippen LogP contribution in [-0.4, -0.2) is 27.9 Å². The van der Waals surface area contributed by atoms with Gasteiger partial charge in [-0.15, -0.1) is 22.7 Å². The van der Waals surface area contributed by atoms with E-state index in [0.29, 0.717) is 35.0 Å². The van der Waals surface area contributed by atoms with Crippen LogP contribution in [0.3, 0.4) is 0 Å². The number of thiazole rings is 1. The summed E-state index contributed by atoms with van der Waals surface area (Å²) in [6, 6.07) is 9.24. The van der Waals surface area contributed by atoms with Crippen LogP contribution < -0.4 is 5.32 Å². The lowest BCUT2D eigenvalue weighted by Crippen LogP contribution is -2.27. The molecule has 2 heterocycles. The minimum Gasteiger partial charge on any atom is -0.477 e. The number of nitrogens with one attached hydrogen (secondary N) is 1. The van der Waals surface area contributed by atoms with Crippen LogP contribution in [0.15, 0.2) is 46.8 Å². The van der Waals surface area contributed by atoms with E-state index in [-0.39, 0.29) is 24.7 Å². The van der Waals surface area contributed by atoms with E-state index in [0.717, 1.165) is 40.8 Å². The molecule has 1 aromatic carbocycles. The number of amides is 1. The van der Waals surface area contributed by atoms with Crippen LogP contribution in [0, 0.1) is 11.8 Å². The van der Waals surface area contributed by atoms with E-state index in [1.807, 2.05) is 18.2 Å². The highest BCUT2D eigenvalue weighted by Gasteiger charge is 2.38. The lowest BCUT2D eigenvalue weighted by atomic mass is 9.72.